The predicted molar refractivity (Wildman–Crippen MR) is 168 cm³/mol. The van der Waals surface area contributed by atoms with Gasteiger partial charge in [0, 0.05) is 12.1 Å². The van der Waals surface area contributed by atoms with Crippen LogP contribution in [0.25, 0.3) is 0 Å². The zero-order chi connectivity index (χ0) is 29.3. The first-order valence-electron chi connectivity index (χ1n) is 14.8. The molecular weight excluding hydrogens is 529 g/mol. The molecule has 1 N–H and O–H groups in total. The Balaban J connectivity index is 1.53. The van der Waals surface area contributed by atoms with E-state index in [0.717, 1.165) is 42.4 Å². The maximum atomic E-state index is 8.90. The Kier molecular flexibility index (Phi) is 14.5. The van der Waals surface area contributed by atoms with Crippen molar-refractivity contribution in [2.24, 2.45) is 0 Å². The molecule has 0 saturated carbocycles. The van der Waals surface area contributed by atoms with Crippen LogP contribution in [-0.4, -0.2) is 36.6 Å². The maximum Gasteiger partial charge on any atom is 0.259 e. The Morgan fingerprint density at radius 1 is 0.683 bits per heavy atom. The van der Waals surface area contributed by atoms with Crippen molar-refractivity contribution in [2.45, 2.75) is 77.4 Å². The summed E-state index contributed by atoms with van der Waals surface area (Å²) in [6.07, 6.45) is 4.37. The van der Waals surface area contributed by atoms with E-state index in [0.29, 0.717) is 38.3 Å². The smallest absolute Gasteiger partial charge is 0.259 e. The molecule has 0 bridgehead atoms. The first-order valence-corrected chi connectivity index (χ1v) is 15.9. The van der Waals surface area contributed by atoms with Gasteiger partial charge in [-0.05, 0) is 57.2 Å². The molecule has 0 aliphatic heterocycles. The van der Waals surface area contributed by atoms with Crippen molar-refractivity contribution in [1.29, 1.82) is 5.26 Å². The second-order valence-electron chi connectivity index (χ2n) is 10.6. The van der Waals surface area contributed by atoms with E-state index in [1.54, 1.807) is 0 Å². The third-order valence-electron chi connectivity index (χ3n) is 6.85. The van der Waals surface area contributed by atoms with Crippen molar-refractivity contribution in [2.75, 3.05) is 19.8 Å². The van der Waals surface area contributed by atoms with Crippen molar-refractivity contribution in [1.82, 2.24) is 10.2 Å². The van der Waals surface area contributed by atoms with E-state index in [-0.39, 0.29) is 0 Å². The van der Waals surface area contributed by atoms with E-state index >= 15 is 0 Å². The van der Waals surface area contributed by atoms with Crippen molar-refractivity contribution in [3.63, 3.8) is 0 Å². The minimum absolute atomic E-state index is 0.308. The number of hydrogen-bond donors (Lipinski definition) is 1. The Hall–Kier alpha value is -2.62. The van der Waals surface area contributed by atoms with Gasteiger partial charge in [0.15, 0.2) is 0 Å². The van der Waals surface area contributed by atoms with Gasteiger partial charge in [0.05, 0.1) is 32.3 Å². The molecular formula is C34H46N3O3P. The number of hydroxylamine groups is 1. The van der Waals surface area contributed by atoms with Gasteiger partial charge in [-0.1, -0.05) is 104 Å². The van der Waals surface area contributed by atoms with Gasteiger partial charge in [-0.15, -0.1) is 0 Å². The highest BCUT2D eigenvalue weighted by atomic mass is 31.2. The molecule has 0 aliphatic carbocycles. The first kappa shape index (κ1) is 32.9. The van der Waals surface area contributed by atoms with Crippen molar-refractivity contribution in [3.8, 4) is 6.07 Å². The second kappa shape index (κ2) is 18.0. The number of unbranched alkanes of at least 4 members (excludes halogenated alkanes) is 3. The number of nitrogens with one attached hydrogen (secondary N) is 1. The van der Waals surface area contributed by atoms with Crippen LogP contribution in [-0.2, 0) is 19.4 Å². The highest BCUT2D eigenvalue weighted by Gasteiger charge is 2.36. The Bertz CT molecular complexity index is 1040. The minimum atomic E-state index is -1.18. The number of nitrogens with zero attached hydrogens (tertiary/aromatic N) is 2. The van der Waals surface area contributed by atoms with Gasteiger partial charge >= 0.3 is 0 Å². The highest BCUT2D eigenvalue weighted by Crippen LogP contribution is 2.46. The summed E-state index contributed by atoms with van der Waals surface area (Å²) >= 11 is 0. The second-order valence-corrected chi connectivity index (χ2v) is 12.0. The fraction of sp³-hybridized carbons (Fsp3) is 0.441. The van der Waals surface area contributed by atoms with Crippen molar-refractivity contribution >= 4 is 8.53 Å². The van der Waals surface area contributed by atoms with E-state index in [2.05, 4.69) is 117 Å². The number of rotatable bonds is 19. The standard InChI is InChI=1S/C34H46N3O3P/c1-29(2)37(30(3)4)41(40-28-18-25-35)39-27-17-6-5-16-26-38-36-34(31-19-10-7-11-20-31,32-21-12-8-13-22-32)33-23-14-9-15-24-33/h7-15,19-24,29-30,36H,5-6,16-18,26-28H2,1-4H3. The fourth-order valence-corrected chi connectivity index (χ4v) is 6.61. The molecule has 0 radical (unpaired) electrons. The topological polar surface area (TPSA) is 66.8 Å². The van der Waals surface area contributed by atoms with Crippen LogP contribution in [0.1, 0.15) is 76.5 Å². The molecule has 7 heteroatoms. The SMILES string of the molecule is CC(C)N(C(C)C)P(OCCC#N)OCCCCCCONC(c1ccccc1)(c1ccccc1)c1ccccc1. The predicted octanol–water partition coefficient (Wildman–Crippen LogP) is 8.35. The zero-order valence-corrected chi connectivity index (χ0v) is 25.9. The molecule has 6 nitrogen and oxygen atoms in total. The van der Waals surface area contributed by atoms with Gasteiger partial charge in [-0.3, -0.25) is 0 Å². The monoisotopic (exact) mass is 575 g/mol. The summed E-state index contributed by atoms with van der Waals surface area (Å²) in [5.41, 5.74) is 6.24. The van der Waals surface area contributed by atoms with Crippen LogP contribution in [0.3, 0.4) is 0 Å². The normalized spacial score (nSPS) is 12.6. The van der Waals surface area contributed by atoms with Crippen LogP contribution in [0, 0.1) is 11.3 Å². The summed E-state index contributed by atoms with van der Waals surface area (Å²) in [6, 6.07) is 34.2. The average Bonchev–Trinajstić information content (AvgIpc) is 2.99. The largest absolute Gasteiger partial charge is 0.322 e. The minimum Gasteiger partial charge on any atom is -0.322 e. The summed E-state index contributed by atoms with van der Waals surface area (Å²) in [6.45, 7) is 10.3. The quantitative estimate of drug-likeness (QED) is 0.0671. The molecule has 0 aromatic heterocycles. The third kappa shape index (κ3) is 9.72. The Morgan fingerprint density at radius 2 is 1.12 bits per heavy atom. The molecule has 41 heavy (non-hydrogen) atoms. The summed E-state index contributed by atoms with van der Waals surface area (Å²) in [4.78, 5) is 6.22. The Morgan fingerprint density at radius 3 is 1.56 bits per heavy atom. The molecule has 3 rings (SSSR count). The van der Waals surface area contributed by atoms with Gasteiger partial charge in [-0.2, -0.15) is 10.7 Å². The molecule has 1 atom stereocenters. The van der Waals surface area contributed by atoms with Gasteiger partial charge in [0.1, 0.15) is 5.54 Å². The molecule has 3 aromatic rings. The van der Waals surface area contributed by atoms with E-state index in [1.165, 1.54) is 0 Å². The molecule has 0 heterocycles. The maximum absolute atomic E-state index is 8.90. The third-order valence-corrected chi connectivity index (χ3v) is 8.96. The van der Waals surface area contributed by atoms with Crippen LogP contribution in [0.4, 0.5) is 0 Å². The summed E-state index contributed by atoms with van der Waals surface area (Å²) in [5, 5.41) is 8.90. The molecule has 0 aliphatic rings. The molecule has 220 valence electrons. The lowest BCUT2D eigenvalue weighted by Gasteiger charge is -2.36. The molecule has 1 unspecified atom stereocenters. The summed E-state index contributed by atoms with van der Waals surface area (Å²) in [5.74, 6) is 0. The van der Waals surface area contributed by atoms with Crippen LogP contribution in [0.2, 0.25) is 0 Å². The van der Waals surface area contributed by atoms with Gasteiger partial charge < -0.3 is 13.9 Å². The number of nitriles is 1. The number of hydrogen-bond acceptors (Lipinski definition) is 6. The zero-order valence-electron chi connectivity index (χ0n) is 25.0. The van der Waals surface area contributed by atoms with E-state index in [4.69, 9.17) is 19.1 Å². The fourth-order valence-electron chi connectivity index (χ4n) is 4.99. The lowest BCUT2D eigenvalue weighted by Crippen LogP contribution is -2.44. The van der Waals surface area contributed by atoms with Crippen molar-refractivity contribution < 1.29 is 13.9 Å². The van der Waals surface area contributed by atoms with Gasteiger partial charge in [0.25, 0.3) is 8.53 Å². The van der Waals surface area contributed by atoms with E-state index < -0.39 is 14.1 Å². The Labute approximate surface area is 248 Å². The molecule has 0 amide bonds. The lowest BCUT2D eigenvalue weighted by molar-refractivity contribution is -0.00150. The van der Waals surface area contributed by atoms with Crippen LogP contribution < -0.4 is 5.48 Å². The van der Waals surface area contributed by atoms with Crippen LogP contribution in [0.15, 0.2) is 91.0 Å². The van der Waals surface area contributed by atoms with Crippen molar-refractivity contribution in [3.05, 3.63) is 108 Å². The van der Waals surface area contributed by atoms with Gasteiger partial charge in [-0.25, -0.2) is 4.67 Å². The molecule has 0 fully saturated rings. The van der Waals surface area contributed by atoms with E-state index in [9.17, 15) is 0 Å². The lowest BCUT2D eigenvalue weighted by atomic mass is 9.78. The molecule has 3 aromatic carbocycles. The first-order chi connectivity index (χ1) is 20.0. The van der Waals surface area contributed by atoms with Gasteiger partial charge in [0.2, 0.25) is 0 Å². The highest BCUT2D eigenvalue weighted by molar-refractivity contribution is 7.44. The van der Waals surface area contributed by atoms with Crippen LogP contribution in [0.5, 0.6) is 0 Å². The molecule has 0 saturated heterocycles. The summed E-state index contributed by atoms with van der Waals surface area (Å²) in [7, 11) is -1.18. The van der Waals surface area contributed by atoms with E-state index in [1.807, 2.05) is 18.2 Å². The molecule has 0 spiro atoms. The summed E-state index contributed by atoms with van der Waals surface area (Å²) < 4.78 is 14.5. The average molecular weight is 576 g/mol. The van der Waals surface area contributed by atoms with Crippen LogP contribution >= 0.6 is 8.53 Å². The number of benzene rings is 3.